The maximum absolute atomic E-state index is 16.0. The average Bonchev–Trinajstić information content (AvgIpc) is 3.40. The van der Waals surface area contributed by atoms with E-state index in [0.717, 1.165) is 6.92 Å². The van der Waals surface area contributed by atoms with E-state index >= 15 is 4.39 Å². The number of aromatic nitrogens is 4. The van der Waals surface area contributed by atoms with E-state index in [2.05, 4.69) is 25.4 Å². The molecular formula is C24H33FN7O7P. The van der Waals surface area contributed by atoms with E-state index in [1.165, 1.54) is 17.8 Å². The highest BCUT2D eigenvalue weighted by Crippen LogP contribution is 2.48. The van der Waals surface area contributed by atoms with Crippen molar-refractivity contribution in [3.05, 3.63) is 36.7 Å². The smallest absolute Gasteiger partial charge is 0.459 e. The SMILES string of the molecule is CNc1nc(N)nc2c1ncn2[C@@H]1OC(CO[P@@](=O)(N[C@H](C)C(=O)OC(C)C)Oc2ccccc2)[C@@H](O)[C@@]1(C)F. The maximum Gasteiger partial charge on any atom is 0.459 e. The number of halogens is 1. The van der Waals surface area contributed by atoms with Gasteiger partial charge in [0.2, 0.25) is 5.95 Å². The quantitative estimate of drug-likeness (QED) is 0.191. The van der Waals surface area contributed by atoms with Crippen molar-refractivity contribution in [1.29, 1.82) is 0 Å². The molecule has 1 aromatic carbocycles. The molecule has 0 spiro atoms. The van der Waals surface area contributed by atoms with E-state index in [1.807, 2.05) is 0 Å². The van der Waals surface area contributed by atoms with Crippen molar-refractivity contribution in [1.82, 2.24) is 24.6 Å². The molecule has 3 heterocycles. The van der Waals surface area contributed by atoms with Crippen LogP contribution in [0.25, 0.3) is 11.2 Å². The Morgan fingerprint density at radius 1 is 1.30 bits per heavy atom. The number of nitrogens with one attached hydrogen (secondary N) is 2. The van der Waals surface area contributed by atoms with Crippen LogP contribution in [0.1, 0.15) is 33.9 Å². The second-order valence-electron chi connectivity index (χ2n) is 9.66. The summed E-state index contributed by atoms with van der Waals surface area (Å²) in [5.41, 5.74) is 3.94. The van der Waals surface area contributed by atoms with Gasteiger partial charge in [-0.25, -0.2) is 13.9 Å². The molecule has 0 radical (unpaired) electrons. The first-order valence-electron chi connectivity index (χ1n) is 12.5. The standard InChI is InChI=1S/C24H33FN7O7P/c1-13(2)37-21(34)14(3)31-40(35,39-15-9-7-6-8-10-15)36-11-16-18(33)24(4,25)22(38-16)32-12-28-17-19(27-5)29-23(26)30-20(17)32/h6-10,12-14,16,18,22,33H,11H2,1-5H3,(H,31,35)(H3,26,27,29,30)/t14-,16?,18-,22-,24-,40+/m1/s1. The number of nitrogens with zero attached hydrogens (tertiary/aromatic N) is 4. The van der Waals surface area contributed by atoms with E-state index < -0.39 is 56.6 Å². The summed E-state index contributed by atoms with van der Waals surface area (Å²) in [4.78, 5) is 24.8. The normalized spacial score (nSPS) is 25.1. The van der Waals surface area contributed by atoms with Gasteiger partial charge in [-0.1, -0.05) is 18.2 Å². The van der Waals surface area contributed by atoms with E-state index in [-0.39, 0.29) is 17.3 Å². The number of nitrogen functional groups attached to an aromatic ring is 1. The van der Waals surface area contributed by atoms with Crippen molar-refractivity contribution in [2.45, 2.75) is 63.9 Å². The van der Waals surface area contributed by atoms with Gasteiger partial charge in [0.15, 0.2) is 28.9 Å². The van der Waals surface area contributed by atoms with Crippen LogP contribution in [0.5, 0.6) is 5.75 Å². The van der Waals surface area contributed by atoms with E-state index in [4.69, 9.17) is 24.3 Å². The summed E-state index contributed by atoms with van der Waals surface area (Å²) in [5.74, 6) is -0.243. The second-order valence-corrected chi connectivity index (χ2v) is 11.4. The first-order chi connectivity index (χ1) is 18.8. The molecule has 0 aliphatic carbocycles. The number of carbonyl (C=O) groups excluding carboxylic acids is 1. The minimum absolute atomic E-state index is 0.0761. The highest BCUT2D eigenvalue weighted by Gasteiger charge is 2.56. The number of aliphatic hydroxyl groups excluding tert-OH is 1. The van der Waals surface area contributed by atoms with Crippen LogP contribution in [0.2, 0.25) is 0 Å². The van der Waals surface area contributed by atoms with Gasteiger partial charge in [-0.3, -0.25) is 13.9 Å². The molecule has 2 aromatic heterocycles. The molecule has 14 nitrogen and oxygen atoms in total. The molecule has 0 bridgehead atoms. The summed E-state index contributed by atoms with van der Waals surface area (Å²) < 4.78 is 53.2. The fraction of sp³-hybridized carbons (Fsp3) is 0.500. The van der Waals surface area contributed by atoms with Gasteiger partial charge in [-0.15, -0.1) is 0 Å². The number of anilines is 2. The minimum Gasteiger partial charge on any atom is -0.462 e. The maximum atomic E-state index is 16.0. The zero-order valence-corrected chi connectivity index (χ0v) is 23.5. The zero-order chi connectivity index (χ0) is 29.2. The molecule has 0 amide bonds. The number of rotatable bonds is 11. The first-order valence-corrected chi connectivity index (χ1v) is 14.1. The Balaban J connectivity index is 1.56. The minimum atomic E-state index is -4.28. The average molecular weight is 582 g/mol. The van der Waals surface area contributed by atoms with Crippen molar-refractivity contribution in [3.63, 3.8) is 0 Å². The van der Waals surface area contributed by atoms with Gasteiger partial charge >= 0.3 is 13.7 Å². The summed E-state index contributed by atoms with van der Waals surface area (Å²) in [6, 6.07) is 7.05. The summed E-state index contributed by atoms with van der Waals surface area (Å²) in [5, 5.41) is 16.2. The third kappa shape index (κ3) is 6.18. The number of esters is 1. The lowest BCUT2D eigenvalue weighted by molar-refractivity contribution is -0.149. The van der Waals surface area contributed by atoms with Crippen molar-refractivity contribution < 1.29 is 37.4 Å². The Morgan fingerprint density at radius 2 is 2.00 bits per heavy atom. The summed E-state index contributed by atoms with van der Waals surface area (Å²) >= 11 is 0. The molecule has 1 aliphatic heterocycles. The van der Waals surface area contributed by atoms with Crippen LogP contribution < -0.4 is 20.7 Å². The molecule has 16 heteroatoms. The molecule has 4 rings (SSSR count). The molecule has 1 aliphatic rings. The Kier molecular flexibility index (Phi) is 8.61. The number of ether oxygens (including phenoxy) is 2. The summed E-state index contributed by atoms with van der Waals surface area (Å²) in [7, 11) is -2.66. The number of nitrogens with two attached hydrogens (primary N) is 1. The number of para-hydroxylation sites is 1. The van der Waals surface area contributed by atoms with Crippen molar-refractivity contribution >= 4 is 36.6 Å². The number of alkyl halides is 1. The van der Waals surface area contributed by atoms with E-state index in [0.29, 0.717) is 11.3 Å². The van der Waals surface area contributed by atoms with Crippen molar-refractivity contribution in [2.75, 3.05) is 24.7 Å². The number of benzene rings is 1. The predicted octanol–water partition coefficient (Wildman–Crippen LogP) is 2.57. The Hall–Kier alpha value is -3.36. The van der Waals surface area contributed by atoms with Crippen molar-refractivity contribution in [3.8, 4) is 5.75 Å². The van der Waals surface area contributed by atoms with Crippen LogP contribution in [0.15, 0.2) is 36.7 Å². The fourth-order valence-electron chi connectivity index (χ4n) is 4.14. The van der Waals surface area contributed by atoms with Gasteiger partial charge in [0.05, 0.1) is 19.0 Å². The number of hydrogen-bond acceptors (Lipinski definition) is 12. The summed E-state index contributed by atoms with van der Waals surface area (Å²) in [6.07, 6.45) is -3.52. The molecule has 5 N–H and O–H groups in total. The lowest BCUT2D eigenvalue weighted by Crippen LogP contribution is -2.41. The largest absolute Gasteiger partial charge is 0.462 e. The van der Waals surface area contributed by atoms with Crippen LogP contribution in [0.3, 0.4) is 0 Å². The molecule has 3 aromatic rings. The van der Waals surface area contributed by atoms with Crippen LogP contribution in [-0.4, -0.2) is 74.3 Å². The lowest BCUT2D eigenvalue weighted by atomic mass is 9.98. The van der Waals surface area contributed by atoms with Gasteiger partial charge in [-0.2, -0.15) is 15.1 Å². The molecular weight excluding hydrogens is 548 g/mol. The predicted molar refractivity (Wildman–Crippen MR) is 143 cm³/mol. The van der Waals surface area contributed by atoms with Crippen LogP contribution in [-0.2, 0) is 23.4 Å². The molecule has 6 atom stereocenters. The van der Waals surface area contributed by atoms with Crippen LogP contribution >= 0.6 is 7.75 Å². The third-order valence-corrected chi connectivity index (χ3v) is 7.72. The Labute approximate surface area is 230 Å². The molecule has 218 valence electrons. The first kappa shape index (κ1) is 29.6. The molecule has 0 saturated carbocycles. The van der Waals surface area contributed by atoms with Crippen LogP contribution in [0.4, 0.5) is 16.2 Å². The molecule has 1 unspecified atom stereocenters. The van der Waals surface area contributed by atoms with Gasteiger partial charge < -0.3 is 30.2 Å². The fourth-order valence-corrected chi connectivity index (χ4v) is 5.64. The highest BCUT2D eigenvalue weighted by molar-refractivity contribution is 7.52. The van der Waals surface area contributed by atoms with Crippen molar-refractivity contribution in [2.24, 2.45) is 0 Å². The van der Waals surface area contributed by atoms with E-state index in [9.17, 15) is 14.5 Å². The lowest BCUT2D eigenvalue weighted by Gasteiger charge is -2.25. The Morgan fingerprint density at radius 3 is 2.65 bits per heavy atom. The van der Waals surface area contributed by atoms with E-state index in [1.54, 1.807) is 51.2 Å². The van der Waals surface area contributed by atoms with Crippen LogP contribution in [0, 0.1) is 0 Å². The van der Waals surface area contributed by atoms with Gasteiger partial charge in [0.25, 0.3) is 0 Å². The summed E-state index contributed by atoms with van der Waals surface area (Å²) in [6.45, 7) is 5.37. The molecule has 1 saturated heterocycles. The Bertz CT molecular complexity index is 1390. The van der Waals surface area contributed by atoms with Gasteiger partial charge in [0.1, 0.15) is 24.0 Å². The molecule has 40 heavy (non-hydrogen) atoms. The number of carbonyl (C=O) groups is 1. The zero-order valence-electron chi connectivity index (χ0n) is 22.6. The highest BCUT2D eigenvalue weighted by atomic mass is 31.2. The number of hydrogen-bond donors (Lipinski definition) is 4. The topological polar surface area (TPSA) is 185 Å². The third-order valence-electron chi connectivity index (χ3n) is 6.08. The molecule has 1 fully saturated rings. The van der Waals surface area contributed by atoms with Gasteiger partial charge in [0, 0.05) is 7.05 Å². The van der Waals surface area contributed by atoms with Gasteiger partial charge in [-0.05, 0) is 39.8 Å². The number of imidazole rings is 1. The second kappa shape index (κ2) is 11.6. The number of aliphatic hydroxyl groups is 1. The monoisotopic (exact) mass is 581 g/mol. The number of fused-ring (bicyclic) bond motifs is 1.